The van der Waals surface area contributed by atoms with Crippen molar-refractivity contribution in [3.05, 3.63) is 64.8 Å². The molecule has 27 heavy (non-hydrogen) atoms. The first-order valence-electron chi connectivity index (χ1n) is 8.87. The molecule has 0 amide bonds. The van der Waals surface area contributed by atoms with E-state index in [-0.39, 0.29) is 11.9 Å². The predicted molar refractivity (Wildman–Crippen MR) is 103 cm³/mol. The molecule has 1 unspecified atom stereocenters. The molecule has 1 atom stereocenters. The first-order chi connectivity index (χ1) is 13.2. The predicted octanol–water partition coefficient (Wildman–Crippen LogP) is 3.68. The number of hydrogen-bond donors (Lipinski definition) is 1. The largest absolute Gasteiger partial charge is 0.502 e. The third kappa shape index (κ3) is 4.09. The van der Waals surface area contributed by atoms with E-state index in [2.05, 4.69) is 21.7 Å². The van der Waals surface area contributed by atoms with Crippen LogP contribution >= 0.6 is 11.8 Å². The van der Waals surface area contributed by atoms with Gasteiger partial charge in [-0.05, 0) is 18.4 Å². The molecule has 1 aromatic carbocycles. The van der Waals surface area contributed by atoms with Crippen molar-refractivity contribution >= 4 is 11.8 Å². The van der Waals surface area contributed by atoms with Crippen LogP contribution in [0.3, 0.4) is 0 Å². The van der Waals surface area contributed by atoms with Crippen LogP contribution in [0.15, 0.2) is 63.2 Å². The van der Waals surface area contributed by atoms with Crippen molar-refractivity contribution in [2.45, 2.75) is 36.4 Å². The fourth-order valence-electron chi connectivity index (χ4n) is 3.14. The number of benzene rings is 1. The average molecular weight is 384 g/mol. The Bertz CT molecular complexity index is 962. The van der Waals surface area contributed by atoms with Crippen molar-refractivity contribution in [2.75, 3.05) is 6.61 Å². The third-order valence-corrected chi connectivity index (χ3v) is 5.52. The van der Waals surface area contributed by atoms with E-state index in [0.717, 1.165) is 48.7 Å². The molecule has 0 bridgehead atoms. The minimum atomic E-state index is -0.440. The van der Waals surface area contributed by atoms with Gasteiger partial charge in [0.15, 0.2) is 10.9 Å². The van der Waals surface area contributed by atoms with Crippen LogP contribution < -0.4 is 5.43 Å². The van der Waals surface area contributed by atoms with E-state index < -0.39 is 5.43 Å². The molecule has 1 N–H and O–H groups in total. The summed E-state index contributed by atoms with van der Waals surface area (Å²) in [7, 11) is 0. The lowest BCUT2D eigenvalue weighted by atomic mass is 10.1. The fraction of sp³-hybridized carbons (Fsp3) is 0.300. The van der Waals surface area contributed by atoms with Gasteiger partial charge in [-0.1, -0.05) is 42.1 Å². The monoisotopic (exact) mass is 384 g/mol. The van der Waals surface area contributed by atoms with Crippen molar-refractivity contribution in [1.29, 1.82) is 0 Å². The van der Waals surface area contributed by atoms with Crippen LogP contribution in [0.25, 0.3) is 11.3 Å². The van der Waals surface area contributed by atoms with Gasteiger partial charge < -0.3 is 18.8 Å². The van der Waals surface area contributed by atoms with E-state index in [1.165, 1.54) is 17.8 Å². The SMILES string of the molecule is O=c1cc(CSc2ncc(-c3ccccc3)n2CC2CCCO2)occ1O. The first-order valence-corrected chi connectivity index (χ1v) is 9.85. The van der Waals surface area contributed by atoms with E-state index in [4.69, 9.17) is 9.15 Å². The molecule has 0 radical (unpaired) electrons. The standard InChI is InChI=1S/C20H20N2O4S/c23-18-9-16(26-12-19(18)24)13-27-20-21-10-17(14-5-2-1-3-6-14)22(20)11-15-7-4-8-25-15/h1-3,5-6,9-10,12,15,24H,4,7-8,11,13H2. The summed E-state index contributed by atoms with van der Waals surface area (Å²) in [6.07, 6.45) is 5.27. The Balaban J connectivity index is 1.59. The number of aromatic hydroxyl groups is 1. The van der Waals surface area contributed by atoms with Crippen molar-refractivity contribution in [1.82, 2.24) is 9.55 Å². The highest BCUT2D eigenvalue weighted by molar-refractivity contribution is 7.98. The summed E-state index contributed by atoms with van der Waals surface area (Å²) in [5, 5.41) is 10.2. The molecule has 0 spiro atoms. The molecular formula is C20H20N2O4S. The van der Waals surface area contributed by atoms with Gasteiger partial charge in [0, 0.05) is 12.7 Å². The van der Waals surface area contributed by atoms with Crippen LogP contribution in [-0.2, 0) is 17.0 Å². The lowest BCUT2D eigenvalue weighted by Crippen LogP contribution is -2.16. The number of thioether (sulfide) groups is 1. The average Bonchev–Trinajstić information content (AvgIpc) is 3.34. The molecule has 1 aliphatic heterocycles. The zero-order chi connectivity index (χ0) is 18.6. The summed E-state index contributed by atoms with van der Waals surface area (Å²) in [6.45, 7) is 1.55. The van der Waals surface area contributed by atoms with Crippen LogP contribution in [0.5, 0.6) is 5.75 Å². The van der Waals surface area contributed by atoms with Crippen LogP contribution in [0.4, 0.5) is 0 Å². The highest BCUT2D eigenvalue weighted by Gasteiger charge is 2.21. The van der Waals surface area contributed by atoms with E-state index in [0.29, 0.717) is 11.5 Å². The first kappa shape index (κ1) is 17.9. The summed E-state index contributed by atoms with van der Waals surface area (Å²) in [5.74, 6) is 0.567. The molecule has 0 saturated carbocycles. The Morgan fingerprint density at radius 3 is 2.89 bits per heavy atom. The van der Waals surface area contributed by atoms with Gasteiger partial charge in [-0.3, -0.25) is 4.79 Å². The maximum absolute atomic E-state index is 11.6. The quantitative estimate of drug-likeness (QED) is 0.653. The summed E-state index contributed by atoms with van der Waals surface area (Å²) in [6, 6.07) is 11.5. The van der Waals surface area contributed by atoms with Crippen LogP contribution in [0.2, 0.25) is 0 Å². The fourth-order valence-corrected chi connectivity index (χ4v) is 4.02. The smallest absolute Gasteiger partial charge is 0.226 e. The molecule has 2 aromatic heterocycles. The van der Waals surface area contributed by atoms with Crippen LogP contribution in [-0.4, -0.2) is 27.4 Å². The van der Waals surface area contributed by atoms with E-state index >= 15 is 0 Å². The normalized spacial score (nSPS) is 16.7. The minimum Gasteiger partial charge on any atom is -0.502 e. The number of hydrogen-bond acceptors (Lipinski definition) is 6. The second kappa shape index (κ2) is 8.02. The molecule has 6 nitrogen and oxygen atoms in total. The van der Waals surface area contributed by atoms with Crippen molar-refractivity contribution in [3.8, 4) is 17.0 Å². The van der Waals surface area contributed by atoms with Crippen LogP contribution in [0.1, 0.15) is 18.6 Å². The van der Waals surface area contributed by atoms with Gasteiger partial charge in [0.05, 0.1) is 30.3 Å². The number of ether oxygens (including phenoxy) is 1. The molecule has 4 rings (SSSR count). The zero-order valence-electron chi connectivity index (χ0n) is 14.7. The maximum Gasteiger partial charge on any atom is 0.226 e. The Hall–Kier alpha value is -2.51. The Kier molecular flexibility index (Phi) is 5.31. The van der Waals surface area contributed by atoms with E-state index in [1.54, 1.807) is 0 Å². The number of rotatable bonds is 6. The van der Waals surface area contributed by atoms with Gasteiger partial charge in [0.1, 0.15) is 12.0 Å². The second-order valence-electron chi connectivity index (χ2n) is 6.42. The molecule has 1 saturated heterocycles. The molecule has 140 valence electrons. The second-order valence-corrected chi connectivity index (χ2v) is 7.36. The van der Waals surface area contributed by atoms with Crippen LogP contribution in [0, 0.1) is 0 Å². The van der Waals surface area contributed by atoms with Gasteiger partial charge in [0.2, 0.25) is 5.43 Å². The van der Waals surface area contributed by atoms with Gasteiger partial charge >= 0.3 is 0 Å². The van der Waals surface area contributed by atoms with Gasteiger partial charge in [-0.15, -0.1) is 0 Å². The third-order valence-electron chi connectivity index (χ3n) is 4.51. The molecule has 1 aliphatic rings. The Labute approximate surface area is 160 Å². The molecule has 3 aromatic rings. The lowest BCUT2D eigenvalue weighted by molar-refractivity contribution is 0.0954. The maximum atomic E-state index is 11.6. The summed E-state index contributed by atoms with van der Waals surface area (Å²) >= 11 is 1.50. The van der Waals surface area contributed by atoms with Crippen molar-refractivity contribution in [2.24, 2.45) is 0 Å². The number of nitrogens with zero attached hydrogens (tertiary/aromatic N) is 2. The summed E-state index contributed by atoms with van der Waals surface area (Å²) in [4.78, 5) is 16.2. The highest BCUT2D eigenvalue weighted by Crippen LogP contribution is 2.29. The van der Waals surface area contributed by atoms with E-state index in [1.807, 2.05) is 24.4 Å². The lowest BCUT2D eigenvalue weighted by Gasteiger charge is -2.16. The molecular weight excluding hydrogens is 364 g/mol. The molecule has 3 heterocycles. The topological polar surface area (TPSA) is 77.5 Å². The number of imidazole rings is 1. The van der Waals surface area contributed by atoms with Gasteiger partial charge in [0.25, 0.3) is 0 Å². The minimum absolute atomic E-state index is 0.188. The zero-order valence-corrected chi connectivity index (χ0v) is 15.5. The van der Waals surface area contributed by atoms with Gasteiger partial charge in [-0.2, -0.15) is 0 Å². The van der Waals surface area contributed by atoms with Crippen molar-refractivity contribution in [3.63, 3.8) is 0 Å². The van der Waals surface area contributed by atoms with E-state index in [9.17, 15) is 9.90 Å². The van der Waals surface area contributed by atoms with Gasteiger partial charge in [-0.25, -0.2) is 4.98 Å². The molecule has 7 heteroatoms. The summed E-state index contributed by atoms with van der Waals surface area (Å²) in [5.41, 5.74) is 1.70. The molecule has 0 aliphatic carbocycles. The molecule has 1 fully saturated rings. The van der Waals surface area contributed by atoms with Crippen molar-refractivity contribution < 1.29 is 14.3 Å². The summed E-state index contributed by atoms with van der Waals surface area (Å²) < 4.78 is 13.3. The Morgan fingerprint density at radius 2 is 2.15 bits per heavy atom. The Morgan fingerprint density at radius 1 is 1.30 bits per heavy atom. The highest BCUT2D eigenvalue weighted by atomic mass is 32.2. The number of aromatic nitrogens is 2.